The molecule has 1 aliphatic rings. The molecule has 0 saturated carbocycles. The molecule has 1 aromatic carbocycles. The Labute approximate surface area is 197 Å². The smallest absolute Gasteiger partial charge is 0.406 e. The van der Waals surface area contributed by atoms with E-state index < -0.39 is 12.1 Å². The second kappa shape index (κ2) is 9.01. The number of carbonyl (C=O) groups excluding carboxylic acids is 1. The van der Waals surface area contributed by atoms with E-state index >= 15 is 0 Å². The van der Waals surface area contributed by atoms with Crippen molar-refractivity contribution in [3.63, 3.8) is 0 Å². The summed E-state index contributed by atoms with van der Waals surface area (Å²) in [6, 6.07) is 5.40. The fourth-order valence-corrected chi connectivity index (χ4v) is 3.81. The lowest BCUT2D eigenvalue weighted by atomic mass is 10.1. The van der Waals surface area contributed by atoms with Crippen molar-refractivity contribution < 1.29 is 22.7 Å². The van der Waals surface area contributed by atoms with Crippen LogP contribution in [0.5, 0.6) is 5.75 Å². The molecule has 180 valence electrons. The lowest BCUT2D eigenvalue weighted by Crippen LogP contribution is -2.44. The predicted octanol–water partition coefficient (Wildman–Crippen LogP) is 3.97. The summed E-state index contributed by atoms with van der Waals surface area (Å²) in [5.41, 5.74) is 3.28. The molecule has 0 radical (unpaired) electrons. The van der Waals surface area contributed by atoms with Gasteiger partial charge in [-0.25, -0.2) is 9.67 Å². The number of nitrogens with one attached hydrogen (secondary N) is 2. The van der Waals surface area contributed by atoms with Crippen molar-refractivity contribution in [2.45, 2.75) is 39.3 Å². The number of amides is 1. The largest absolute Gasteiger partial charge is 0.573 e. The Morgan fingerprint density at radius 3 is 2.76 bits per heavy atom. The Morgan fingerprint density at radius 2 is 2.03 bits per heavy atom. The molecule has 1 atom stereocenters. The van der Waals surface area contributed by atoms with Gasteiger partial charge in [0.25, 0.3) is 0 Å². The van der Waals surface area contributed by atoms with E-state index in [-0.39, 0.29) is 23.5 Å². The molecule has 0 bridgehead atoms. The molecule has 2 aromatic heterocycles. The fourth-order valence-electron chi connectivity index (χ4n) is 3.56. The number of anilines is 3. The summed E-state index contributed by atoms with van der Waals surface area (Å²) < 4.78 is 43.0. The van der Waals surface area contributed by atoms with Gasteiger partial charge < -0.3 is 20.3 Å². The topological polar surface area (TPSA) is 97.2 Å². The Balaban J connectivity index is 1.44. The van der Waals surface area contributed by atoms with Crippen molar-refractivity contribution in [2.75, 3.05) is 22.6 Å². The van der Waals surface area contributed by atoms with Gasteiger partial charge in [-0.2, -0.15) is 0 Å². The standard InChI is InChI=1S/C21H21ClF3N7O2/c1-11-19-17(31(3)12(2)20(33)28-19)7-18(27-11)26-8-15-10-32(30-29-15)9-13-4-14(22)6-16(5-13)34-21(23,24)25/h4-7,10,12H,8-9H2,1-3H3,(H,26,27)(H,28,33)/t12-/m0/s1. The number of nitrogens with zero attached hydrogens (tertiary/aromatic N) is 5. The number of ether oxygens (including phenoxy) is 1. The summed E-state index contributed by atoms with van der Waals surface area (Å²) in [5, 5.41) is 14.3. The van der Waals surface area contributed by atoms with Gasteiger partial charge in [0.1, 0.15) is 23.3 Å². The molecule has 0 saturated heterocycles. The number of carbonyl (C=O) groups is 1. The molecular formula is C21H21ClF3N7O2. The molecular weight excluding hydrogens is 475 g/mol. The highest BCUT2D eigenvalue weighted by Crippen LogP contribution is 2.35. The third-order valence-electron chi connectivity index (χ3n) is 5.31. The number of alkyl halides is 3. The van der Waals surface area contributed by atoms with Gasteiger partial charge in [-0.3, -0.25) is 4.79 Å². The summed E-state index contributed by atoms with van der Waals surface area (Å²) in [5.74, 6) is 0.111. The average Bonchev–Trinajstić information content (AvgIpc) is 3.17. The summed E-state index contributed by atoms with van der Waals surface area (Å²) in [6.45, 7) is 4.10. The number of halogens is 4. The van der Waals surface area contributed by atoms with E-state index in [1.165, 1.54) is 16.8 Å². The van der Waals surface area contributed by atoms with Crippen molar-refractivity contribution in [1.82, 2.24) is 20.0 Å². The number of aromatic nitrogens is 4. The first-order valence-corrected chi connectivity index (χ1v) is 10.6. The van der Waals surface area contributed by atoms with E-state index in [0.29, 0.717) is 35.0 Å². The highest BCUT2D eigenvalue weighted by Gasteiger charge is 2.31. The summed E-state index contributed by atoms with van der Waals surface area (Å²) in [6.07, 6.45) is -3.15. The van der Waals surface area contributed by atoms with E-state index in [2.05, 4.69) is 30.7 Å². The van der Waals surface area contributed by atoms with Crippen LogP contribution in [0.25, 0.3) is 0 Å². The number of benzene rings is 1. The average molecular weight is 496 g/mol. The number of pyridine rings is 1. The molecule has 34 heavy (non-hydrogen) atoms. The minimum absolute atomic E-state index is 0.0889. The molecule has 2 N–H and O–H groups in total. The number of rotatable bonds is 6. The van der Waals surface area contributed by atoms with Gasteiger partial charge in [0, 0.05) is 18.1 Å². The molecule has 0 aliphatic carbocycles. The maximum atomic E-state index is 12.5. The summed E-state index contributed by atoms with van der Waals surface area (Å²) in [7, 11) is 1.85. The Bertz CT molecular complexity index is 1230. The molecule has 1 aliphatic heterocycles. The number of aryl methyl sites for hydroxylation is 1. The van der Waals surface area contributed by atoms with Crippen molar-refractivity contribution in [1.29, 1.82) is 0 Å². The van der Waals surface area contributed by atoms with E-state index in [9.17, 15) is 18.0 Å². The summed E-state index contributed by atoms with van der Waals surface area (Å²) >= 11 is 5.92. The third kappa shape index (κ3) is 5.33. The van der Waals surface area contributed by atoms with E-state index in [1.807, 2.05) is 31.9 Å². The molecule has 3 heterocycles. The molecule has 0 fully saturated rings. The lowest BCUT2D eigenvalue weighted by Gasteiger charge is -2.34. The highest BCUT2D eigenvalue weighted by atomic mass is 35.5. The normalized spacial score (nSPS) is 15.7. The molecule has 13 heteroatoms. The lowest BCUT2D eigenvalue weighted by molar-refractivity contribution is -0.274. The van der Waals surface area contributed by atoms with Crippen molar-refractivity contribution in [2.24, 2.45) is 0 Å². The van der Waals surface area contributed by atoms with Crippen LogP contribution in [0.3, 0.4) is 0 Å². The first-order valence-electron chi connectivity index (χ1n) is 10.2. The van der Waals surface area contributed by atoms with Crippen LogP contribution in [0.4, 0.5) is 30.4 Å². The third-order valence-corrected chi connectivity index (χ3v) is 5.53. The quantitative estimate of drug-likeness (QED) is 0.534. The van der Waals surface area contributed by atoms with Gasteiger partial charge in [-0.05, 0) is 37.6 Å². The fraction of sp³-hybridized carbons (Fsp3) is 0.333. The van der Waals surface area contributed by atoms with Crippen molar-refractivity contribution in [3.8, 4) is 5.75 Å². The van der Waals surface area contributed by atoms with E-state index in [0.717, 1.165) is 11.8 Å². The Hall–Kier alpha value is -3.54. The minimum Gasteiger partial charge on any atom is -0.406 e. The zero-order valence-corrected chi connectivity index (χ0v) is 19.2. The predicted molar refractivity (Wildman–Crippen MR) is 120 cm³/mol. The van der Waals surface area contributed by atoms with Crippen LogP contribution in [0.15, 0.2) is 30.5 Å². The van der Waals surface area contributed by atoms with Crippen LogP contribution >= 0.6 is 11.6 Å². The van der Waals surface area contributed by atoms with Crippen LogP contribution in [-0.2, 0) is 17.9 Å². The molecule has 0 unspecified atom stereocenters. The van der Waals surface area contributed by atoms with Gasteiger partial charge in [-0.1, -0.05) is 16.8 Å². The molecule has 0 spiro atoms. The van der Waals surface area contributed by atoms with E-state index in [4.69, 9.17) is 11.6 Å². The van der Waals surface area contributed by atoms with Crippen LogP contribution in [-0.4, -0.2) is 45.3 Å². The van der Waals surface area contributed by atoms with Gasteiger partial charge in [0.2, 0.25) is 5.91 Å². The minimum atomic E-state index is -4.81. The zero-order valence-electron chi connectivity index (χ0n) is 18.4. The second-order valence-corrected chi connectivity index (χ2v) is 8.30. The first-order chi connectivity index (χ1) is 16.0. The van der Waals surface area contributed by atoms with Crippen LogP contribution in [0, 0.1) is 6.92 Å². The molecule has 1 amide bonds. The van der Waals surface area contributed by atoms with Crippen molar-refractivity contribution in [3.05, 3.63) is 52.4 Å². The molecule has 4 rings (SSSR count). The number of hydrogen-bond acceptors (Lipinski definition) is 7. The van der Waals surface area contributed by atoms with Gasteiger partial charge in [0.15, 0.2) is 0 Å². The van der Waals surface area contributed by atoms with Crippen LogP contribution in [0.1, 0.15) is 23.9 Å². The van der Waals surface area contributed by atoms with Gasteiger partial charge in [0.05, 0.1) is 36.4 Å². The Morgan fingerprint density at radius 1 is 1.26 bits per heavy atom. The first kappa shape index (κ1) is 23.6. The number of fused-ring (bicyclic) bond motifs is 1. The zero-order chi connectivity index (χ0) is 24.6. The maximum Gasteiger partial charge on any atom is 0.573 e. The maximum absolute atomic E-state index is 12.5. The van der Waals surface area contributed by atoms with Gasteiger partial charge in [-0.15, -0.1) is 18.3 Å². The van der Waals surface area contributed by atoms with E-state index in [1.54, 1.807) is 6.20 Å². The second-order valence-electron chi connectivity index (χ2n) is 7.87. The van der Waals surface area contributed by atoms with Crippen LogP contribution in [0.2, 0.25) is 5.02 Å². The number of likely N-dealkylation sites (N-methyl/N-ethyl adjacent to an activating group) is 1. The molecule has 9 nitrogen and oxygen atoms in total. The van der Waals surface area contributed by atoms with Crippen LogP contribution < -0.4 is 20.3 Å². The monoisotopic (exact) mass is 495 g/mol. The highest BCUT2D eigenvalue weighted by molar-refractivity contribution is 6.30. The molecule has 3 aromatic rings. The summed E-state index contributed by atoms with van der Waals surface area (Å²) in [4.78, 5) is 18.4. The van der Waals surface area contributed by atoms with Crippen molar-refractivity contribution >= 4 is 34.7 Å². The van der Waals surface area contributed by atoms with Gasteiger partial charge >= 0.3 is 6.36 Å². The number of hydrogen-bond donors (Lipinski definition) is 2. The SMILES string of the molecule is Cc1nc(NCc2cn(Cc3cc(Cl)cc(OC(F)(F)F)c3)nn2)cc2c1NC(=O)[C@H](C)N2C. The Kier molecular flexibility index (Phi) is 6.26.